The minimum absolute atomic E-state index is 0.698. The Morgan fingerprint density at radius 3 is 2.89 bits per heavy atom. The number of hydrogen-bond donors (Lipinski definition) is 1. The summed E-state index contributed by atoms with van der Waals surface area (Å²) in [7, 11) is 0. The zero-order valence-electron chi connectivity index (χ0n) is 11.6. The highest BCUT2D eigenvalue weighted by Crippen LogP contribution is 2.17. The molecular weight excluding hydrogens is 238 g/mol. The van der Waals surface area contributed by atoms with Crippen molar-refractivity contribution in [1.29, 1.82) is 0 Å². The van der Waals surface area contributed by atoms with Gasteiger partial charge in [-0.05, 0) is 25.5 Å². The second kappa shape index (κ2) is 6.95. The van der Waals surface area contributed by atoms with Crippen molar-refractivity contribution in [2.24, 2.45) is 0 Å². The van der Waals surface area contributed by atoms with Gasteiger partial charge in [0.15, 0.2) is 0 Å². The fourth-order valence-corrected chi connectivity index (χ4v) is 1.95. The van der Waals surface area contributed by atoms with Gasteiger partial charge in [0.1, 0.15) is 5.75 Å². The SMILES string of the molecule is CCOc1ccccc1CNCCn1cc(C)cn1. The molecule has 0 spiro atoms. The average Bonchev–Trinajstić information content (AvgIpc) is 2.83. The van der Waals surface area contributed by atoms with Crippen LogP contribution in [0.5, 0.6) is 5.75 Å². The Hall–Kier alpha value is -1.81. The first-order chi connectivity index (χ1) is 9.29. The molecule has 0 radical (unpaired) electrons. The van der Waals surface area contributed by atoms with Crippen molar-refractivity contribution in [1.82, 2.24) is 15.1 Å². The maximum absolute atomic E-state index is 5.60. The third kappa shape index (κ3) is 4.10. The zero-order valence-corrected chi connectivity index (χ0v) is 11.6. The minimum Gasteiger partial charge on any atom is -0.494 e. The molecule has 0 unspecified atom stereocenters. The Bertz CT molecular complexity index is 508. The van der Waals surface area contributed by atoms with Gasteiger partial charge < -0.3 is 10.1 Å². The van der Waals surface area contributed by atoms with Gasteiger partial charge in [0.25, 0.3) is 0 Å². The van der Waals surface area contributed by atoms with E-state index in [1.165, 1.54) is 11.1 Å². The number of para-hydroxylation sites is 1. The molecule has 2 aromatic rings. The molecule has 1 aromatic carbocycles. The number of benzene rings is 1. The Labute approximate surface area is 114 Å². The molecule has 4 heteroatoms. The lowest BCUT2D eigenvalue weighted by atomic mass is 10.2. The first-order valence-electron chi connectivity index (χ1n) is 6.70. The molecule has 0 saturated carbocycles. The molecule has 0 saturated heterocycles. The molecule has 0 aliphatic heterocycles. The van der Waals surface area contributed by atoms with Crippen molar-refractivity contribution in [3.63, 3.8) is 0 Å². The fraction of sp³-hybridized carbons (Fsp3) is 0.400. The Morgan fingerprint density at radius 1 is 1.32 bits per heavy atom. The zero-order chi connectivity index (χ0) is 13.5. The van der Waals surface area contributed by atoms with Crippen molar-refractivity contribution in [3.8, 4) is 5.75 Å². The van der Waals surface area contributed by atoms with E-state index >= 15 is 0 Å². The van der Waals surface area contributed by atoms with Crippen LogP contribution in [-0.2, 0) is 13.1 Å². The van der Waals surface area contributed by atoms with Gasteiger partial charge >= 0.3 is 0 Å². The van der Waals surface area contributed by atoms with E-state index in [1.54, 1.807) is 0 Å². The molecule has 0 bridgehead atoms. The van der Waals surface area contributed by atoms with E-state index in [9.17, 15) is 0 Å². The second-order valence-electron chi connectivity index (χ2n) is 4.50. The average molecular weight is 259 g/mol. The van der Waals surface area contributed by atoms with E-state index < -0.39 is 0 Å². The molecule has 0 aliphatic carbocycles. The summed E-state index contributed by atoms with van der Waals surface area (Å²) in [5.41, 5.74) is 2.39. The predicted molar refractivity (Wildman–Crippen MR) is 76.3 cm³/mol. The summed E-state index contributed by atoms with van der Waals surface area (Å²) in [6.07, 6.45) is 3.93. The Morgan fingerprint density at radius 2 is 2.16 bits per heavy atom. The minimum atomic E-state index is 0.698. The molecule has 0 atom stereocenters. The lowest BCUT2D eigenvalue weighted by Crippen LogP contribution is -2.20. The topological polar surface area (TPSA) is 39.1 Å². The van der Waals surface area contributed by atoms with Crippen LogP contribution in [0.15, 0.2) is 36.7 Å². The third-order valence-corrected chi connectivity index (χ3v) is 2.87. The monoisotopic (exact) mass is 259 g/mol. The number of aryl methyl sites for hydroxylation is 1. The summed E-state index contributed by atoms with van der Waals surface area (Å²) in [5, 5.41) is 7.68. The van der Waals surface area contributed by atoms with E-state index in [0.29, 0.717) is 6.61 Å². The summed E-state index contributed by atoms with van der Waals surface area (Å²) in [5.74, 6) is 0.965. The highest BCUT2D eigenvalue weighted by atomic mass is 16.5. The van der Waals surface area contributed by atoms with E-state index in [4.69, 9.17) is 4.74 Å². The van der Waals surface area contributed by atoms with Crippen LogP contribution in [0.25, 0.3) is 0 Å². The van der Waals surface area contributed by atoms with E-state index in [1.807, 2.05) is 36.0 Å². The molecule has 2 rings (SSSR count). The maximum atomic E-state index is 5.60. The van der Waals surface area contributed by atoms with Crippen molar-refractivity contribution < 1.29 is 4.74 Å². The van der Waals surface area contributed by atoms with Gasteiger partial charge in [-0.3, -0.25) is 4.68 Å². The normalized spacial score (nSPS) is 10.6. The molecule has 1 heterocycles. The molecule has 1 aromatic heterocycles. The van der Waals surface area contributed by atoms with E-state index in [2.05, 4.69) is 29.6 Å². The number of nitrogens with zero attached hydrogens (tertiary/aromatic N) is 2. The number of nitrogens with one attached hydrogen (secondary N) is 1. The highest BCUT2D eigenvalue weighted by molar-refractivity contribution is 5.33. The van der Waals surface area contributed by atoms with Crippen LogP contribution in [0.1, 0.15) is 18.1 Å². The van der Waals surface area contributed by atoms with Crippen molar-refractivity contribution in [2.75, 3.05) is 13.2 Å². The quantitative estimate of drug-likeness (QED) is 0.776. The largest absolute Gasteiger partial charge is 0.494 e. The highest BCUT2D eigenvalue weighted by Gasteiger charge is 2.01. The number of aromatic nitrogens is 2. The van der Waals surface area contributed by atoms with Gasteiger partial charge in [-0.15, -0.1) is 0 Å². The maximum Gasteiger partial charge on any atom is 0.123 e. The van der Waals surface area contributed by atoms with Gasteiger partial charge in [0.05, 0.1) is 19.3 Å². The first kappa shape index (κ1) is 13.6. The van der Waals surface area contributed by atoms with Crippen LogP contribution in [0, 0.1) is 6.92 Å². The van der Waals surface area contributed by atoms with Gasteiger partial charge in [0.2, 0.25) is 0 Å². The molecule has 4 nitrogen and oxygen atoms in total. The summed E-state index contributed by atoms with van der Waals surface area (Å²) in [6.45, 7) is 7.34. The number of ether oxygens (including phenoxy) is 1. The van der Waals surface area contributed by atoms with Crippen molar-refractivity contribution >= 4 is 0 Å². The molecule has 0 aliphatic rings. The predicted octanol–water partition coefficient (Wildman–Crippen LogP) is 2.38. The van der Waals surface area contributed by atoms with Crippen LogP contribution >= 0.6 is 0 Å². The molecule has 1 N–H and O–H groups in total. The first-order valence-corrected chi connectivity index (χ1v) is 6.70. The summed E-state index contributed by atoms with van der Waals surface area (Å²) < 4.78 is 7.55. The summed E-state index contributed by atoms with van der Waals surface area (Å²) >= 11 is 0. The Balaban J connectivity index is 1.79. The van der Waals surface area contributed by atoms with Gasteiger partial charge in [0, 0.05) is 24.8 Å². The van der Waals surface area contributed by atoms with E-state index in [-0.39, 0.29) is 0 Å². The smallest absolute Gasteiger partial charge is 0.123 e. The summed E-state index contributed by atoms with van der Waals surface area (Å²) in [4.78, 5) is 0. The second-order valence-corrected chi connectivity index (χ2v) is 4.50. The molecular formula is C15H21N3O. The molecule has 19 heavy (non-hydrogen) atoms. The van der Waals surface area contributed by atoms with E-state index in [0.717, 1.165) is 25.4 Å². The molecule has 0 amide bonds. The summed E-state index contributed by atoms with van der Waals surface area (Å²) in [6, 6.07) is 8.14. The van der Waals surface area contributed by atoms with Crippen molar-refractivity contribution in [2.45, 2.75) is 26.9 Å². The van der Waals surface area contributed by atoms with Crippen molar-refractivity contribution in [3.05, 3.63) is 47.8 Å². The Kier molecular flexibility index (Phi) is 4.98. The van der Waals surface area contributed by atoms with Crippen LogP contribution in [0.2, 0.25) is 0 Å². The lowest BCUT2D eigenvalue weighted by Gasteiger charge is -2.10. The van der Waals surface area contributed by atoms with Gasteiger partial charge in [-0.2, -0.15) is 5.10 Å². The lowest BCUT2D eigenvalue weighted by molar-refractivity contribution is 0.335. The van der Waals surface area contributed by atoms with Crippen LogP contribution in [-0.4, -0.2) is 22.9 Å². The third-order valence-electron chi connectivity index (χ3n) is 2.87. The van der Waals surface area contributed by atoms with Crippen LogP contribution in [0.3, 0.4) is 0 Å². The fourth-order valence-electron chi connectivity index (χ4n) is 1.95. The number of rotatable bonds is 7. The van der Waals surface area contributed by atoms with Gasteiger partial charge in [-0.25, -0.2) is 0 Å². The molecule has 0 fully saturated rings. The molecule has 102 valence electrons. The number of hydrogen-bond acceptors (Lipinski definition) is 3. The van der Waals surface area contributed by atoms with Crippen LogP contribution < -0.4 is 10.1 Å². The standard InChI is InChI=1S/C15H21N3O/c1-3-19-15-7-5-4-6-14(15)11-16-8-9-18-12-13(2)10-17-18/h4-7,10,12,16H,3,8-9,11H2,1-2H3. The van der Waals surface area contributed by atoms with Gasteiger partial charge in [-0.1, -0.05) is 18.2 Å². The van der Waals surface area contributed by atoms with Crippen LogP contribution in [0.4, 0.5) is 0 Å².